The van der Waals surface area contributed by atoms with Crippen molar-refractivity contribution in [2.75, 3.05) is 0 Å². The molecule has 0 rings (SSSR count). The standard InChI is InChI=1S/CN.Cu.Na/c1-2;;/q-1;+1;. The first-order chi connectivity index (χ1) is 1.00. The molecule has 0 saturated heterocycles. The van der Waals surface area contributed by atoms with Gasteiger partial charge < -0.3 is 11.8 Å². The molecule has 21 valence electrons. The topological polar surface area (TPSA) is 23.8 Å². The van der Waals surface area contributed by atoms with Crippen LogP contribution in [-0.4, -0.2) is 29.6 Å². The zero-order valence-electron chi connectivity index (χ0n) is 2.25. The van der Waals surface area contributed by atoms with Gasteiger partial charge in [-0.3, -0.25) is 0 Å². The maximum atomic E-state index is 6.25. The van der Waals surface area contributed by atoms with Gasteiger partial charge in [0.2, 0.25) is 0 Å². The van der Waals surface area contributed by atoms with Crippen molar-refractivity contribution in [1.29, 1.82) is 5.26 Å². The Kier molecular flexibility index (Phi) is 178. The van der Waals surface area contributed by atoms with Crippen LogP contribution in [0.1, 0.15) is 0 Å². The van der Waals surface area contributed by atoms with Crippen LogP contribution in [0.5, 0.6) is 0 Å². The second-order valence-corrected chi connectivity index (χ2v) is 0. The Hall–Kier alpha value is 1.01. The van der Waals surface area contributed by atoms with Crippen molar-refractivity contribution < 1.29 is 17.1 Å². The summed E-state index contributed by atoms with van der Waals surface area (Å²) in [6, 6.07) is 0. The molecule has 0 amide bonds. The smallest absolute Gasteiger partial charge is 0.512 e. The van der Waals surface area contributed by atoms with Crippen molar-refractivity contribution in [2.24, 2.45) is 0 Å². The van der Waals surface area contributed by atoms with Gasteiger partial charge in [0.15, 0.2) is 0 Å². The van der Waals surface area contributed by atoms with E-state index >= 15 is 0 Å². The molecular formula is CCuNNa. The molecular weight excluding hydrogens is 113 g/mol. The second-order valence-electron chi connectivity index (χ2n) is 0. The van der Waals surface area contributed by atoms with Gasteiger partial charge in [0, 0.05) is 29.6 Å². The van der Waals surface area contributed by atoms with E-state index in [0.29, 0.717) is 0 Å². The molecule has 0 spiro atoms. The third-order valence-electron chi connectivity index (χ3n) is 0. The molecule has 0 bridgehead atoms. The molecule has 0 N–H and O–H groups in total. The van der Waals surface area contributed by atoms with Gasteiger partial charge in [-0.15, -0.1) is 0 Å². The summed E-state index contributed by atoms with van der Waals surface area (Å²) in [4.78, 5) is 0. The van der Waals surface area contributed by atoms with Crippen molar-refractivity contribution in [3.8, 4) is 0 Å². The summed E-state index contributed by atoms with van der Waals surface area (Å²) < 4.78 is 0. The summed E-state index contributed by atoms with van der Waals surface area (Å²) in [6.07, 6.45) is 0. The van der Waals surface area contributed by atoms with Crippen molar-refractivity contribution in [2.45, 2.75) is 0 Å². The number of hydrogen-bond donors (Lipinski definition) is 0. The van der Waals surface area contributed by atoms with Crippen LogP contribution in [0.15, 0.2) is 0 Å². The Balaban J connectivity index is -0.00000000500. The van der Waals surface area contributed by atoms with Gasteiger partial charge in [0.25, 0.3) is 0 Å². The van der Waals surface area contributed by atoms with E-state index in [1.165, 1.54) is 0 Å². The first-order valence-electron chi connectivity index (χ1n) is 0.224. The van der Waals surface area contributed by atoms with E-state index in [2.05, 4.69) is 0 Å². The quantitative estimate of drug-likeness (QED) is 0.312. The summed E-state index contributed by atoms with van der Waals surface area (Å²) in [7, 11) is 0. The third-order valence-corrected chi connectivity index (χ3v) is 0. The average molecular weight is 113 g/mol. The molecule has 1 radical (unpaired) electrons. The van der Waals surface area contributed by atoms with E-state index in [1.54, 1.807) is 0 Å². The predicted octanol–water partition coefficient (Wildman–Crippen LogP) is -0.287. The molecule has 0 unspecified atom stereocenters. The molecule has 0 aromatic heterocycles. The van der Waals surface area contributed by atoms with Crippen LogP contribution < -0.4 is 0 Å². The first kappa shape index (κ1) is 19.9. The van der Waals surface area contributed by atoms with Crippen LogP contribution >= 0.6 is 0 Å². The normalized spacial score (nSPS) is 0.500. The van der Waals surface area contributed by atoms with Gasteiger partial charge in [-0.25, -0.2) is 0 Å². The maximum Gasteiger partial charge on any atom is 1.00 e. The minimum Gasteiger partial charge on any atom is -0.512 e. The van der Waals surface area contributed by atoms with E-state index in [4.69, 9.17) is 11.8 Å². The molecule has 0 heterocycles. The van der Waals surface area contributed by atoms with E-state index in [-0.39, 0.29) is 46.6 Å². The zero-order valence-corrected chi connectivity index (χ0v) is 5.19. The predicted molar refractivity (Wildman–Crippen MR) is 10.7 cm³/mol. The molecule has 1 nitrogen and oxygen atoms in total. The SMILES string of the molecule is [C-]#N.[Cu+].[Na]. The largest absolute Gasteiger partial charge is 1.00 e. The maximum absolute atomic E-state index is 6.25. The van der Waals surface area contributed by atoms with Crippen LogP contribution in [0.2, 0.25) is 0 Å². The molecule has 0 aliphatic heterocycles. The molecule has 0 atom stereocenters. The van der Waals surface area contributed by atoms with Gasteiger partial charge in [-0.1, -0.05) is 0 Å². The molecule has 0 aromatic carbocycles. The van der Waals surface area contributed by atoms with E-state index in [1.807, 2.05) is 0 Å². The zero-order chi connectivity index (χ0) is 2.00. The van der Waals surface area contributed by atoms with Crippen LogP contribution in [0.3, 0.4) is 0 Å². The Morgan fingerprint density at radius 2 is 1.25 bits per heavy atom. The average Bonchev–Trinajstić information content (AvgIpc) is 1.00. The summed E-state index contributed by atoms with van der Waals surface area (Å²) in [6.45, 7) is 4.75. The van der Waals surface area contributed by atoms with Gasteiger partial charge in [-0.2, -0.15) is 0 Å². The Morgan fingerprint density at radius 1 is 1.25 bits per heavy atom. The number of rotatable bonds is 0. The van der Waals surface area contributed by atoms with E-state index < -0.39 is 0 Å². The van der Waals surface area contributed by atoms with Crippen LogP contribution in [0.4, 0.5) is 0 Å². The summed E-state index contributed by atoms with van der Waals surface area (Å²) >= 11 is 0. The van der Waals surface area contributed by atoms with Gasteiger partial charge in [0.05, 0.1) is 0 Å². The van der Waals surface area contributed by atoms with Gasteiger partial charge in [-0.05, 0) is 0 Å². The first-order valence-corrected chi connectivity index (χ1v) is 0.224. The fourth-order valence-electron chi connectivity index (χ4n) is 0. The minimum atomic E-state index is 0. The van der Waals surface area contributed by atoms with Crippen molar-refractivity contribution >= 4 is 29.6 Å². The summed E-state index contributed by atoms with van der Waals surface area (Å²) in [5.74, 6) is 0. The van der Waals surface area contributed by atoms with Gasteiger partial charge >= 0.3 is 17.1 Å². The van der Waals surface area contributed by atoms with Crippen molar-refractivity contribution in [3.05, 3.63) is 6.57 Å². The molecule has 0 aromatic rings. The summed E-state index contributed by atoms with van der Waals surface area (Å²) in [5.41, 5.74) is 0. The fraction of sp³-hybridized carbons (Fsp3) is 0. The Labute approximate surface area is 58.1 Å². The van der Waals surface area contributed by atoms with Crippen LogP contribution in [0.25, 0.3) is 0 Å². The summed E-state index contributed by atoms with van der Waals surface area (Å²) in [5, 5.41) is 6.25. The fourth-order valence-corrected chi connectivity index (χ4v) is 0. The van der Waals surface area contributed by atoms with Crippen molar-refractivity contribution in [1.82, 2.24) is 0 Å². The second kappa shape index (κ2) is 35.6. The number of hydrogen-bond acceptors (Lipinski definition) is 1. The Bertz CT molecular complexity index is 12.8. The molecule has 0 aliphatic rings. The van der Waals surface area contributed by atoms with Crippen LogP contribution in [-0.2, 0) is 17.1 Å². The molecule has 4 heavy (non-hydrogen) atoms. The van der Waals surface area contributed by atoms with Gasteiger partial charge in [0.1, 0.15) is 0 Å². The monoisotopic (exact) mass is 112 g/mol. The van der Waals surface area contributed by atoms with E-state index in [9.17, 15) is 0 Å². The molecule has 3 heteroatoms. The number of nitrogens with zero attached hydrogens (tertiary/aromatic N) is 1. The van der Waals surface area contributed by atoms with E-state index in [0.717, 1.165) is 0 Å². The minimum absolute atomic E-state index is 0. The van der Waals surface area contributed by atoms with Crippen LogP contribution in [0, 0.1) is 11.8 Å². The Morgan fingerprint density at radius 3 is 1.25 bits per heavy atom. The van der Waals surface area contributed by atoms with Crippen molar-refractivity contribution in [3.63, 3.8) is 0 Å². The molecule has 0 aliphatic carbocycles. The third kappa shape index (κ3) is 11.9. The molecule has 0 fully saturated rings. The molecule has 0 saturated carbocycles.